The Balaban J connectivity index is 1.77. The lowest BCUT2D eigenvalue weighted by atomic mass is 10.1. The van der Waals surface area contributed by atoms with Crippen LogP contribution in [-0.2, 0) is 18.9 Å². The monoisotopic (exact) mass is 388 g/mol. The molecule has 1 fully saturated rings. The van der Waals surface area contributed by atoms with Crippen LogP contribution in [0, 0.1) is 0 Å². The molecule has 3 nitrogen and oxygen atoms in total. The maximum Gasteiger partial charge on any atom is 0.433 e. The summed E-state index contributed by atoms with van der Waals surface area (Å²) in [7, 11) is 0. The molecule has 0 bridgehead atoms. The predicted octanol–water partition coefficient (Wildman–Crippen LogP) is 4.92. The van der Waals surface area contributed by atoms with Crippen LogP contribution in [0.25, 0.3) is 0 Å². The summed E-state index contributed by atoms with van der Waals surface area (Å²) in [4.78, 5) is 17.4. The molecule has 0 radical (unpaired) electrons. The first kappa shape index (κ1) is 19.2. The summed E-state index contributed by atoms with van der Waals surface area (Å²) in [5, 5.41) is 0. The smallest absolute Gasteiger partial charge is 0.331 e. The van der Waals surface area contributed by atoms with E-state index >= 15 is 0 Å². The zero-order valence-corrected chi connectivity index (χ0v) is 13.8. The lowest BCUT2D eigenvalue weighted by Crippen LogP contribution is -2.32. The zero-order valence-electron chi connectivity index (χ0n) is 13.8. The lowest BCUT2D eigenvalue weighted by Gasteiger charge is -2.23. The Hall–Kier alpha value is -2.58. The number of nitrogens with zero attached hydrogens (tertiary/aromatic N) is 2. The minimum absolute atomic E-state index is 0.00168. The van der Waals surface area contributed by atoms with E-state index in [0.717, 1.165) is 43.3 Å². The molecule has 1 aromatic heterocycles. The quantitative estimate of drug-likeness (QED) is 0.697. The van der Waals surface area contributed by atoms with E-state index in [9.17, 15) is 31.1 Å². The largest absolute Gasteiger partial charge is 0.433 e. The predicted molar refractivity (Wildman–Crippen MR) is 83.6 cm³/mol. The van der Waals surface area contributed by atoms with E-state index in [1.165, 1.54) is 17.0 Å². The van der Waals surface area contributed by atoms with Gasteiger partial charge < -0.3 is 4.90 Å². The highest BCUT2D eigenvalue weighted by Crippen LogP contribution is 2.32. The van der Waals surface area contributed by atoms with Gasteiger partial charge in [0, 0.05) is 18.8 Å². The Morgan fingerprint density at radius 3 is 2.04 bits per heavy atom. The Bertz CT molecular complexity index is 808. The van der Waals surface area contributed by atoms with Crippen LogP contribution in [-0.4, -0.2) is 21.8 Å². The maximum atomic E-state index is 12.6. The summed E-state index contributed by atoms with van der Waals surface area (Å²) in [6.45, 7) is 0.0721. The van der Waals surface area contributed by atoms with Crippen molar-refractivity contribution in [3.63, 3.8) is 0 Å². The molecule has 3 rings (SSSR count). The van der Waals surface area contributed by atoms with Gasteiger partial charge in [0.05, 0.1) is 11.1 Å². The lowest BCUT2D eigenvalue weighted by molar-refractivity contribution is -0.141. The van der Waals surface area contributed by atoms with E-state index < -0.39 is 29.5 Å². The van der Waals surface area contributed by atoms with E-state index in [-0.39, 0.29) is 18.2 Å². The maximum absolute atomic E-state index is 12.6. The van der Waals surface area contributed by atoms with Gasteiger partial charge in [0.1, 0.15) is 5.69 Å². The molecule has 1 aliphatic carbocycles. The third-order valence-corrected chi connectivity index (χ3v) is 4.18. The van der Waals surface area contributed by atoms with Gasteiger partial charge in [-0.15, -0.1) is 0 Å². The molecule has 1 aliphatic rings. The van der Waals surface area contributed by atoms with E-state index in [1.54, 1.807) is 0 Å². The van der Waals surface area contributed by atoms with E-state index in [0.29, 0.717) is 5.56 Å². The number of alkyl halides is 6. The Labute approximate surface area is 150 Å². The molecule has 0 spiro atoms. The molecule has 1 saturated carbocycles. The second-order valence-electron chi connectivity index (χ2n) is 6.29. The van der Waals surface area contributed by atoms with Gasteiger partial charge in [0.25, 0.3) is 5.91 Å². The fraction of sp³-hybridized carbons (Fsp3) is 0.333. The summed E-state index contributed by atoms with van der Waals surface area (Å²) in [6, 6.07) is 6.15. The fourth-order valence-electron chi connectivity index (χ4n) is 2.60. The molecule has 0 saturated heterocycles. The fourth-order valence-corrected chi connectivity index (χ4v) is 2.60. The van der Waals surface area contributed by atoms with Crippen LogP contribution in [0.15, 0.2) is 42.6 Å². The first-order chi connectivity index (χ1) is 12.6. The van der Waals surface area contributed by atoms with Gasteiger partial charge in [0.15, 0.2) is 0 Å². The number of amides is 1. The zero-order chi connectivity index (χ0) is 19.8. The minimum atomic E-state index is -4.60. The van der Waals surface area contributed by atoms with Crippen molar-refractivity contribution in [1.82, 2.24) is 9.88 Å². The highest BCUT2D eigenvalue weighted by Gasteiger charge is 2.35. The molecule has 1 amide bonds. The summed E-state index contributed by atoms with van der Waals surface area (Å²) in [5.41, 5.74) is -1.38. The Morgan fingerprint density at radius 1 is 0.963 bits per heavy atom. The molecule has 144 valence electrons. The molecule has 0 N–H and O–H groups in total. The van der Waals surface area contributed by atoms with Gasteiger partial charge in [-0.05, 0) is 42.7 Å². The third kappa shape index (κ3) is 4.58. The molecule has 27 heavy (non-hydrogen) atoms. The van der Waals surface area contributed by atoms with Crippen LogP contribution in [0.1, 0.15) is 40.0 Å². The number of carbonyl (C=O) groups excluding carboxylic acids is 1. The molecule has 9 heteroatoms. The number of carbonyl (C=O) groups is 1. The summed E-state index contributed by atoms with van der Waals surface area (Å²) in [5.74, 6) is -0.501. The van der Waals surface area contributed by atoms with Gasteiger partial charge >= 0.3 is 12.4 Å². The van der Waals surface area contributed by atoms with Crippen molar-refractivity contribution in [3.05, 3.63) is 65.0 Å². The number of hydrogen-bond donors (Lipinski definition) is 0. The molecule has 1 heterocycles. The average molecular weight is 388 g/mol. The van der Waals surface area contributed by atoms with Crippen LogP contribution in [0.2, 0.25) is 0 Å². The highest BCUT2D eigenvalue weighted by molar-refractivity contribution is 5.94. The van der Waals surface area contributed by atoms with Gasteiger partial charge in [0.2, 0.25) is 0 Å². The van der Waals surface area contributed by atoms with Crippen molar-refractivity contribution >= 4 is 5.91 Å². The van der Waals surface area contributed by atoms with Crippen LogP contribution in [0.5, 0.6) is 0 Å². The number of aromatic nitrogens is 1. The third-order valence-electron chi connectivity index (χ3n) is 4.18. The van der Waals surface area contributed by atoms with E-state index in [1.807, 2.05) is 0 Å². The molecular weight excluding hydrogens is 374 g/mol. The van der Waals surface area contributed by atoms with Crippen LogP contribution < -0.4 is 0 Å². The number of benzene rings is 1. The van der Waals surface area contributed by atoms with Crippen LogP contribution in [0.3, 0.4) is 0 Å². The van der Waals surface area contributed by atoms with Crippen molar-refractivity contribution < 1.29 is 31.1 Å². The minimum Gasteiger partial charge on any atom is -0.331 e. The molecule has 0 unspecified atom stereocenters. The highest BCUT2D eigenvalue weighted by atomic mass is 19.4. The normalized spacial score (nSPS) is 14.9. The van der Waals surface area contributed by atoms with Gasteiger partial charge in [-0.3, -0.25) is 9.78 Å². The molecule has 0 aliphatic heterocycles. The Kier molecular flexibility index (Phi) is 4.88. The summed E-state index contributed by atoms with van der Waals surface area (Å²) >= 11 is 0. The topological polar surface area (TPSA) is 33.2 Å². The van der Waals surface area contributed by atoms with Crippen molar-refractivity contribution in [3.8, 4) is 0 Å². The van der Waals surface area contributed by atoms with Gasteiger partial charge in [-0.2, -0.15) is 26.3 Å². The molecule has 0 atom stereocenters. The Morgan fingerprint density at radius 2 is 1.59 bits per heavy atom. The first-order valence-corrected chi connectivity index (χ1v) is 8.06. The second kappa shape index (κ2) is 6.86. The summed E-state index contributed by atoms with van der Waals surface area (Å²) in [6.07, 6.45) is -6.71. The number of hydrogen-bond acceptors (Lipinski definition) is 2. The van der Waals surface area contributed by atoms with Crippen molar-refractivity contribution in [2.75, 3.05) is 0 Å². The molecule has 1 aromatic carbocycles. The van der Waals surface area contributed by atoms with Crippen molar-refractivity contribution in [1.29, 1.82) is 0 Å². The van der Waals surface area contributed by atoms with E-state index in [4.69, 9.17) is 0 Å². The van der Waals surface area contributed by atoms with Gasteiger partial charge in [-0.1, -0.05) is 12.1 Å². The van der Waals surface area contributed by atoms with Crippen LogP contribution in [0.4, 0.5) is 26.3 Å². The van der Waals surface area contributed by atoms with Gasteiger partial charge in [-0.25, -0.2) is 0 Å². The van der Waals surface area contributed by atoms with Crippen molar-refractivity contribution in [2.45, 2.75) is 37.8 Å². The molecule has 2 aromatic rings. The van der Waals surface area contributed by atoms with E-state index in [2.05, 4.69) is 4.98 Å². The SMILES string of the molecule is O=C(c1ccc(C(F)(F)F)nc1)N(Cc1ccc(C(F)(F)F)cc1)C1CC1. The standard InChI is InChI=1S/C18H14F6N2O/c19-17(20,21)13-4-1-11(2-5-13)10-26(14-6-7-14)16(27)12-3-8-15(25-9-12)18(22,23)24/h1-5,8-9,14H,6-7,10H2. The molecular formula is C18H14F6N2O. The van der Waals surface area contributed by atoms with Crippen LogP contribution >= 0.6 is 0 Å². The number of halogens is 6. The first-order valence-electron chi connectivity index (χ1n) is 8.06. The van der Waals surface area contributed by atoms with Crippen molar-refractivity contribution in [2.24, 2.45) is 0 Å². The average Bonchev–Trinajstić information content (AvgIpc) is 3.43. The second-order valence-corrected chi connectivity index (χ2v) is 6.29. The summed E-state index contributed by atoms with van der Waals surface area (Å²) < 4.78 is 75.7. The number of rotatable bonds is 4. The number of pyridine rings is 1.